The summed E-state index contributed by atoms with van der Waals surface area (Å²) < 4.78 is 5.00. The molecule has 1 N–H and O–H groups in total. The van der Waals surface area contributed by atoms with Gasteiger partial charge in [0.1, 0.15) is 0 Å². The van der Waals surface area contributed by atoms with Crippen LogP contribution in [-0.4, -0.2) is 50.2 Å². The van der Waals surface area contributed by atoms with Gasteiger partial charge < -0.3 is 15.0 Å². The Bertz CT molecular complexity index is 270. The molecule has 2 saturated heterocycles. The molecule has 0 aliphatic carbocycles. The van der Waals surface area contributed by atoms with Crippen LogP contribution >= 0.6 is 0 Å². The fourth-order valence-corrected chi connectivity index (χ4v) is 3.34. The van der Waals surface area contributed by atoms with Crippen molar-refractivity contribution in [2.24, 2.45) is 11.8 Å². The predicted molar refractivity (Wildman–Crippen MR) is 66.8 cm³/mol. The van der Waals surface area contributed by atoms with E-state index in [9.17, 15) is 4.79 Å². The lowest BCUT2D eigenvalue weighted by Gasteiger charge is -2.27. The van der Waals surface area contributed by atoms with Crippen LogP contribution in [-0.2, 0) is 9.53 Å². The van der Waals surface area contributed by atoms with Gasteiger partial charge in [-0.2, -0.15) is 0 Å². The number of fused-ring (bicyclic) bond motifs is 1. The van der Waals surface area contributed by atoms with Crippen molar-refractivity contribution >= 4 is 5.91 Å². The van der Waals surface area contributed by atoms with E-state index in [1.54, 1.807) is 7.11 Å². The van der Waals surface area contributed by atoms with Crippen LogP contribution in [0.1, 0.15) is 26.2 Å². The average molecular weight is 240 g/mol. The van der Waals surface area contributed by atoms with Gasteiger partial charge in [-0.1, -0.05) is 6.92 Å². The van der Waals surface area contributed by atoms with Crippen molar-refractivity contribution in [3.05, 3.63) is 0 Å². The van der Waals surface area contributed by atoms with Crippen molar-refractivity contribution in [2.75, 3.05) is 33.4 Å². The molecule has 0 aromatic heterocycles. The summed E-state index contributed by atoms with van der Waals surface area (Å²) in [4.78, 5) is 14.3. The molecule has 0 aromatic rings. The Morgan fingerprint density at radius 2 is 2.29 bits per heavy atom. The van der Waals surface area contributed by atoms with E-state index in [0.29, 0.717) is 36.8 Å². The molecule has 0 saturated carbocycles. The molecule has 2 fully saturated rings. The monoisotopic (exact) mass is 240 g/mol. The number of amides is 1. The molecule has 4 heteroatoms. The molecule has 3 atom stereocenters. The molecule has 0 radical (unpaired) electrons. The highest BCUT2D eigenvalue weighted by atomic mass is 16.5. The summed E-state index contributed by atoms with van der Waals surface area (Å²) in [6.07, 6.45) is 2.56. The summed E-state index contributed by atoms with van der Waals surface area (Å²) in [5.41, 5.74) is 0. The number of methoxy groups -OCH3 is 1. The average Bonchev–Trinajstić information content (AvgIpc) is 2.88. The van der Waals surface area contributed by atoms with Crippen LogP contribution in [0.25, 0.3) is 0 Å². The summed E-state index contributed by atoms with van der Waals surface area (Å²) in [6, 6.07) is 0.463. The lowest BCUT2D eigenvalue weighted by Crippen LogP contribution is -2.39. The zero-order valence-electron chi connectivity index (χ0n) is 10.9. The second kappa shape index (κ2) is 5.83. The van der Waals surface area contributed by atoms with Crippen LogP contribution in [0.4, 0.5) is 0 Å². The van der Waals surface area contributed by atoms with Crippen molar-refractivity contribution in [3.8, 4) is 0 Å². The molecule has 2 aliphatic rings. The summed E-state index contributed by atoms with van der Waals surface area (Å²) in [5, 5.41) is 3.44. The number of nitrogens with one attached hydrogen (secondary N) is 1. The van der Waals surface area contributed by atoms with E-state index >= 15 is 0 Å². The lowest BCUT2D eigenvalue weighted by atomic mass is 9.93. The molecule has 3 unspecified atom stereocenters. The number of hydrogen-bond acceptors (Lipinski definition) is 3. The van der Waals surface area contributed by atoms with Crippen molar-refractivity contribution in [1.29, 1.82) is 0 Å². The minimum atomic E-state index is 0.323. The van der Waals surface area contributed by atoms with Crippen molar-refractivity contribution in [1.82, 2.24) is 10.2 Å². The van der Waals surface area contributed by atoms with Crippen LogP contribution in [0.5, 0.6) is 0 Å². The Balaban J connectivity index is 1.89. The fourth-order valence-electron chi connectivity index (χ4n) is 3.34. The molecule has 2 aliphatic heterocycles. The second-order valence-corrected chi connectivity index (χ2v) is 5.20. The van der Waals surface area contributed by atoms with E-state index in [0.717, 1.165) is 32.5 Å². The normalized spacial score (nSPS) is 31.9. The molecule has 4 nitrogen and oxygen atoms in total. The highest BCUT2D eigenvalue weighted by Gasteiger charge is 2.44. The first kappa shape index (κ1) is 12.8. The van der Waals surface area contributed by atoms with Gasteiger partial charge in [0.25, 0.3) is 0 Å². The smallest absolute Gasteiger partial charge is 0.222 e. The number of nitrogens with zero attached hydrogens (tertiary/aromatic N) is 1. The van der Waals surface area contributed by atoms with Gasteiger partial charge >= 0.3 is 0 Å². The summed E-state index contributed by atoms with van der Waals surface area (Å²) in [5.74, 6) is 1.70. The molecule has 2 rings (SSSR count). The third-order valence-corrected chi connectivity index (χ3v) is 4.20. The van der Waals surface area contributed by atoms with Crippen molar-refractivity contribution < 1.29 is 9.53 Å². The highest BCUT2D eigenvalue weighted by molar-refractivity contribution is 5.77. The molecule has 2 heterocycles. The van der Waals surface area contributed by atoms with Gasteiger partial charge in [0.2, 0.25) is 5.91 Å². The molecule has 0 bridgehead atoms. The van der Waals surface area contributed by atoms with E-state index in [2.05, 4.69) is 17.1 Å². The van der Waals surface area contributed by atoms with Crippen LogP contribution in [0.15, 0.2) is 0 Å². The number of carbonyl (C=O) groups is 1. The fraction of sp³-hybridized carbons (Fsp3) is 0.923. The van der Waals surface area contributed by atoms with Crippen LogP contribution in [0.2, 0.25) is 0 Å². The first-order valence-electron chi connectivity index (χ1n) is 6.77. The Kier molecular flexibility index (Phi) is 4.40. The summed E-state index contributed by atoms with van der Waals surface area (Å²) in [7, 11) is 1.69. The Hall–Kier alpha value is -0.610. The number of likely N-dealkylation sites (tertiary alicyclic amines) is 1. The quantitative estimate of drug-likeness (QED) is 0.725. The number of rotatable bonds is 5. The molecule has 17 heavy (non-hydrogen) atoms. The number of carbonyl (C=O) groups excluding carboxylic acids is 1. The molecular weight excluding hydrogens is 216 g/mol. The maximum atomic E-state index is 12.2. The van der Waals surface area contributed by atoms with Gasteiger partial charge in [0.05, 0.1) is 0 Å². The van der Waals surface area contributed by atoms with Gasteiger partial charge in [0.15, 0.2) is 0 Å². The maximum absolute atomic E-state index is 12.2. The van der Waals surface area contributed by atoms with E-state index in [-0.39, 0.29) is 0 Å². The van der Waals surface area contributed by atoms with E-state index < -0.39 is 0 Å². The number of hydrogen-bond donors (Lipinski definition) is 1. The Labute approximate surface area is 104 Å². The van der Waals surface area contributed by atoms with Gasteiger partial charge in [0, 0.05) is 45.8 Å². The van der Waals surface area contributed by atoms with Crippen molar-refractivity contribution in [2.45, 2.75) is 32.2 Å². The lowest BCUT2D eigenvalue weighted by molar-refractivity contribution is -0.132. The van der Waals surface area contributed by atoms with Gasteiger partial charge in [-0.25, -0.2) is 0 Å². The van der Waals surface area contributed by atoms with Gasteiger partial charge in [-0.15, -0.1) is 0 Å². The van der Waals surface area contributed by atoms with Crippen LogP contribution in [0.3, 0.4) is 0 Å². The summed E-state index contributed by atoms with van der Waals surface area (Å²) >= 11 is 0. The second-order valence-electron chi connectivity index (χ2n) is 5.20. The SMILES string of the molecule is CCC1C2CNCC2CN1C(=O)CCCOC. The van der Waals surface area contributed by atoms with E-state index in [4.69, 9.17) is 4.74 Å². The zero-order chi connectivity index (χ0) is 12.3. The Morgan fingerprint density at radius 3 is 3.00 bits per heavy atom. The Morgan fingerprint density at radius 1 is 1.47 bits per heavy atom. The minimum Gasteiger partial charge on any atom is -0.385 e. The first-order chi connectivity index (χ1) is 8.27. The predicted octanol–water partition coefficient (Wildman–Crippen LogP) is 0.869. The molecule has 0 spiro atoms. The molecule has 0 aromatic carbocycles. The minimum absolute atomic E-state index is 0.323. The van der Waals surface area contributed by atoms with Gasteiger partial charge in [-0.05, 0) is 24.7 Å². The molecule has 98 valence electrons. The van der Waals surface area contributed by atoms with E-state index in [1.165, 1.54) is 0 Å². The topological polar surface area (TPSA) is 41.6 Å². The largest absolute Gasteiger partial charge is 0.385 e. The maximum Gasteiger partial charge on any atom is 0.222 e. The highest BCUT2D eigenvalue weighted by Crippen LogP contribution is 2.34. The van der Waals surface area contributed by atoms with Crippen LogP contribution in [0, 0.1) is 11.8 Å². The van der Waals surface area contributed by atoms with E-state index in [1.807, 2.05) is 0 Å². The third kappa shape index (κ3) is 2.63. The van der Waals surface area contributed by atoms with Crippen molar-refractivity contribution in [3.63, 3.8) is 0 Å². The number of ether oxygens (including phenoxy) is 1. The molecule has 1 amide bonds. The zero-order valence-corrected chi connectivity index (χ0v) is 10.9. The standard InChI is InChI=1S/C13H24N2O2/c1-3-12-11-8-14-7-10(11)9-15(12)13(16)5-4-6-17-2/h10-12,14H,3-9H2,1-2H3. The third-order valence-electron chi connectivity index (χ3n) is 4.20. The summed E-state index contributed by atoms with van der Waals surface area (Å²) in [6.45, 7) is 6.02. The van der Waals surface area contributed by atoms with Crippen LogP contribution < -0.4 is 5.32 Å². The molecular formula is C13H24N2O2. The van der Waals surface area contributed by atoms with Gasteiger partial charge in [-0.3, -0.25) is 4.79 Å². The first-order valence-corrected chi connectivity index (χ1v) is 6.77.